The molecule has 186 valence electrons. The van der Waals surface area contributed by atoms with E-state index in [1.807, 2.05) is 0 Å². The van der Waals surface area contributed by atoms with Crippen LogP contribution in [0.2, 0.25) is 0 Å². The lowest BCUT2D eigenvalue weighted by molar-refractivity contribution is -0.125. The van der Waals surface area contributed by atoms with Crippen LogP contribution in [0.1, 0.15) is 50.3 Å². The predicted molar refractivity (Wildman–Crippen MR) is 135 cm³/mol. The van der Waals surface area contributed by atoms with Crippen LogP contribution in [-0.2, 0) is 17.6 Å². The van der Waals surface area contributed by atoms with Crippen LogP contribution < -0.4 is 15.8 Å². The molecule has 0 spiro atoms. The number of hydrogen-bond donors (Lipinski definition) is 1. The molecule has 2 aliphatic heterocycles. The van der Waals surface area contributed by atoms with Crippen LogP contribution >= 0.6 is 11.3 Å². The van der Waals surface area contributed by atoms with Gasteiger partial charge in [-0.05, 0) is 58.0 Å². The Balaban J connectivity index is 1.14. The normalized spacial score (nSPS) is 22.1. The lowest BCUT2D eigenvalue weighted by Gasteiger charge is -2.34. The molecule has 10 heteroatoms. The fourth-order valence-corrected chi connectivity index (χ4v) is 6.39. The molecule has 0 radical (unpaired) electrons. The number of nitrogens with zero attached hydrogens (tertiary/aromatic N) is 6. The third kappa shape index (κ3) is 5.13. The Hall–Kier alpha value is -2.04. The van der Waals surface area contributed by atoms with Crippen molar-refractivity contribution in [2.45, 2.75) is 51.9 Å². The number of carbonyl (C=O) groups excluding carboxylic acids is 1. The summed E-state index contributed by atoms with van der Waals surface area (Å²) in [5.74, 6) is 0.110. The van der Waals surface area contributed by atoms with Crippen LogP contribution in [0.5, 0.6) is 0 Å². The van der Waals surface area contributed by atoms with Crippen molar-refractivity contribution in [3.63, 3.8) is 0 Å². The van der Waals surface area contributed by atoms with E-state index in [-0.39, 0.29) is 17.4 Å². The fourth-order valence-electron chi connectivity index (χ4n) is 5.44. The third-order valence-electron chi connectivity index (χ3n) is 7.59. The molecule has 2 saturated heterocycles. The molecule has 4 heterocycles. The minimum atomic E-state index is -0.0354. The van der Waals surface area contributed by atoms with Gasteiger partial charge in [-0.2, -0.15) is 4.52 Å². The van der Waals surface area contributed by atoms with Crippen LogP contribution in [0.15, 0.2) is 4.79 Å². The van der Waals surface area contributed by atoms with E-state index in [0.717, 1.165) is 114 Å². The second kappa shape index (κ2) is 10.7. The number of anilines is 1. The highest BCUT2D eigenvalue weighted by Crippen LogP contribution is 2.28. The van der Waals surface area contributed by atoms with Gasteiger partial charge in [0.1, 0.15) is 0 Å². The zero-order valence-electron chi connectivity index (χ0n) is 20.3. The number of piperazine rings is 1. The van der Waals surface area contributed by atoms with E-state index in [4.69, 9.17) is 4.98 Å². The second-order valence-corrected chi connectivity index (χ2v) is 10.8. The van der Waals surface area contributed by atoms with E-state index in [0.29, 0.717) is 11.5 Å². The maximum Gasteiger partial charge on any atom is 0.278 e. The molecule has 0 bridgehead atoms. The van der Waals surface area contributed by atoms with E-state index in [2.05, 4.69) is 32.0 Å². The van der Waals surface area contributed by atoms with Crippen LogP contribution in [0.4, 0.5) is 5.13 Å². The summed E-state index contributed by atoms with van der Waals surface area (Å²) >= 11 is 1.47. The average Bonchev–Trinajstić information content (AvgIpc) is 3.32. The first-order valence-electron chi connectivity index (χ1n) is 13.0. The molecule has 0 aromatic carbocycles. The third-order valence-corrected chi connectivity index (χ3v) is 8.56. The Bertz CT molecular complexity index is 1060. The summed E-state index contributed by atoms with van der Waals surface area (Å²) in [5.41, 5.74) is 1.78. The van der Waals surface area contributed by atoms with Gasteiger partial charge in [-0.3, -0.25) is 9.59 Å². The van der Waals surface area contributed by atoms with E-state index in [1.54, 1.807) is 0 Å². The summed E-state index contributed by atoms with van der Waals surface area (Å²) in [7, 11) is 0. The van der Waals surface area contributed by atoms with Crippen molar-refractivity contribution in [1.29, 1.82) is 0 Å². The molecule has 9 nitrogen and oxygen atoms in total. The van der Waals surface area contributed by atoms with Crippen LogP contribution in [0.25, 0.3) is 4.96 Å². The second-order valence-electron chi connectivity index (χ2n) is 9.83. The summed E-state index contributed by atoms with van der Waals surface area (Å²) in [6, 6.07) is 0. The molecule has 5 rings (SSSR count). The van der Waals surface area contributed by atoms with E-state index in [1.165, 1.54) is 15.9 Å². The first-order valence-corrected chi connectivity index (χ1v) is 13.8. The van der Waals surface area contributed by atoms with Gasteiger partial charge in [0.2, 0.25) is 16.0 Å². The Morgan fingerprint density at radius 1 is 1.09 bits per heavy atom. The Morgan fingerprint density at radius 2 is 1.88 bits per heavy atom. The first kappa shape index (κ1) is 23.7. The number of likely N-dealkylation sites (N-methyl/N-ethyl adjacent to an activating group) is 1. The van der Waals surface area contributed by atoms with Crippen LogP contribution in [-0.4, -0.2) is 89.2 Å². The summed E-state index contributed by atoms with van der Waals surface area (Å²) in [5, 5.41) is 8.59. The SMILES string of the molecule is CCN1CCN(CCCNC(=O)[C@H]2CCCN(c3nn4c(=O)c5c(nc4s3)CCCC5)C2)CC1. The summed E-state index contributed by atoms with van der Waals surface area (Å²) in [6.45, 7) is 11.2. The van der Waals surface area contributed by atoms with Crippen molar-refractivity contribution in [2.24, 2.45) is 5.92 Å². The van der Waals surface area contributed by atoms with E-state index < -0.39 is 0 Å². The number of nitrogens with one attached hydrogen (secondary N) is 1. The average molecular weight is 488 g/mol. The maximum atomic E-state index is 12.9. The molecular weight excluding hydrogens is 450 g/mol. The fraction of sp³-hybridized carbons (Fsp3) is 0.750. The van der Waals surface area contributed by atoms with Crippen molar-refractivity contribution < 1.29 is 4.79 Å². The highest BCUT2D eigenvalue weighted by molar-refractivity contribution is 7.20. The largest absolute Gasteiger partial charge is 0.356 e. The number of fused-ring (bicyclic) bond motifs is 2. The molecule has 1 amide bonds. The molecule has 34 heavy (non-hydrogen) atoms. The monoisotopic (exact) mass is 487 g/mol. The van der Waals surface area contributed by atoms with Gasteiger partial charge >= 0.3 is 0 Å². The number of hydrogen-bond acceptors (Lipinski definition) is 8. The standard InChI is InChI=1S/C24H37N7O2S/c1-2-28-13-15-29(16-14-28)11-6-10-25-21(32)18-7-5-12-30(17-18)24-27-31-22(33)19-8-3-4-9-20(19)26-23(31)34-24/h18H,2-17H2,1H3,(H,25,32)/t18-/m0/s1. The number of amides is 1. The van der Waals surface area contributed by atoms with Gasteiger partial charge in [0.15, 0.2) is 0 Å². The molecular formula is C24H37N7O2S. The Kier molecular flexibility index (Phi) is 7.46. The van der Waals surface area contributed by atoms with Crippen molar-refractivity contribution in [1.82, 2.24) is 29.7 Å². The summed E-state index contributed by atoms with van der Waals surface area (Å²) < 4.78 is 1.48. The minimum absolute atomic E-state index is 0.00962. The molecule has 3 aliphatic rings. The number of aryl methyl sites for hydroxylation is 1. The van der Waals surface area contributed by atoms with Gasteiger partial charge in [-0.15, -0.1) is 5.10 Å². The zero-order valence-corrected chi connectivity index (χ0v) is 21.1. The molecule has 1 N–H and O–H groups in total. The molecule has 0 saturated carbocycles. The van der Waals surface area contributed by atoms with E-state index >= 15 is 0 Å². The van der Waals surface area contributed by atoms with Gasteiger partial charge in [-0.1, -0.05) is 18.3 Å². The van der Waals surface area contributed by atoms with Gasteiger partial charge in [0.25, 0.3) is 5.56 Å². The highest BCUT2D eigenvalue weighted by atomic mass is 32.1. The quantitative estimate of drug-likeness (QED) is 0.591. The number of rotatable bonds is 7. The molecule has 1 atom stereocenters. The molecule has 2 aromatic rings. The molecule has 0 unspecified atom stereocenters. The highest BCUT2D eigenvalue weighted by Gasteiger charge is 2.28. The number of carbonyl (C=O) groups is 1. The lowest BCUT2D eigenvalue weighted by Crippen LogP contribution is -2.47. The van der Waals surface area contributed by atoms with Crippen LogP contribution in [0, 0.1) is 5.92 Å². The summed E-state index contributed by atoms with van der Waals surface area (Å²) in [6.07, 6.45) is 6.68. The smallest absolute Gasteiger partial charge is 0.278 e. The minimum Gasteiger partial charge on any atom is -0.356 e. The summed E-state index contributed by atoms with van der Waals surface area (Å²) in [4.78, 5) is 38.4. The van der Waals surface area contributed by atoms with E-state index in [9.17, 15) is 9.59 Å². The molecule has 2 aromatic heterocycles. The first-order chi connectivity index (χ1) is 16.6. The molecule has 1 aliphatic carbocycles. The Morgan fingerprint density at radius 3 is 2.71 bits per heavy atom. The molecule has 2 fully saturated rings. The maximum absolute atomic E-state index is 12.9. The lowest BCUT2D eigenvalue weighted by atomic mass is 9.97. The van der Waals surface area contributed by atoms with Gasteiger partial charge < -0.3 is 20.0 Å². The number of aromatic nitrogens is 3. The van der Waals surface area contributed by atoms with Crippen molar-refractivity contribution in [3.05, 3.63) is 21.6 Å². The van der Waals surface area contributed by atoms with Gasteiger partial charge in [0.05, 0.1) is 11.6 Å². The van der Waals surface area contributed by atoms with Crippen LogP contribution in [0.3, 0.4) is 0 Å². The number of piperidine rings is 1. The van der Waals surface area contributed by atoms with Gasteiger partial charge in [0, 0.05) is 51.4 Å². The van der Waals surface area contributed by atoms with Crippen molar-refractivity contribution in [3.8, 4) is 0 Å². The van der Waals surface area contributed by atoms with Crippen molar-refractivity contribution in [2.75, 3.05) is 63.8 Å². The van der Waals surface area contributed by atoms with Crippen molar-refractivity contribution >= 4 is 27.3 Å². The van der Waals surface area contributed by atoms with Gasteiger partial charge in [-0.25, -0.2) is 4.98 Å². The predicted octanol–water partition coefficient (Wildman–Crippen LogP) is 1.39. The zero-order chi connectivity index (χ0) is 23.5. The Labute approximate surface area is 205 Å². The topological polar surface area (TPSA) is 86.1 Å².